The van der Waals surface area contributed by atoms with Gasteiger partial charge in [-0.2, -0.15) is 0 Å². The Morgan fingerprint density at radius 2 is 2.12 bits per heavy atom. The number of pyridine rings is 1. The second kappa shape index (κ2) is 6.56. The first-order valence-corrected chi connectivity index (χ1v) is 7.27. The highest BCUT2D eigenvalue weighted by molar-refractivity contribution is 8.01. The maximum atomic E-state index is 4.12. The summed E-state index contributed by atoms with van der Waals surface area (Å²) in [6.07, 6.45) is 4.69. The quantitative estimate of drug-likeness (QED) is 0.815. The van der Waals surface area contributed by atoms with E-state index in [2.05, 4.69) is 27.4 Å². The molecule has 0 amide bonds. The molecule has 0 bridgehead atoms. The molecule has 2 aromatic rings. The number of anilines is 1. The summed E-state index contributed by atoms with van der Waals surface area (Å²) >= 11 is 3.36. The van der Waals surface area contributed by atoms with Crippen LogP contribution in [0.15, 0.2) is 28.9 Å². The zero-order valence-electron chi connectivity index (χ0n) is 9.59. The van der Waals surface area contributed by atoms with Crippen molar-refractivity contribution in [1.29, 1.82) is 0 Å². The van der Waals surface area contributed by atoms with Gasteiger partial charge in [0.1, 0.15) is 0 Å². The Labute approximate surface area is 109 Å². The molecule has 0 aromatic carbocycles. The van der Waals surface area contributed by atoms with Crippen molar-refractivity contribution in [3.63, 3.8) is 0 Å². The van der Waals surface area contributed by atoms with E-state index in [0.717, 1.165) is 28.2 Å². The van der Waals surface area contributed by atoms with Crippen LogP contribution < -0.4 is 5.32 Å². The Hall–Kier alpha value is -1.14. The third-order valence-corrected chi connectivity index (χ3v) is 4.12. The van der Waals surface area contributed by atoms with Gasteiger partial charge < -0.3 is 5.32 Å². The monoisotopic (exact) mass is 266 g/mol. The first-order valence-electron chi connectivity index (χ1n) is 5.47. The highest BCUT2D eigenvalue weighted by Gasteiger charge is 2.03. The summed E-state index contributed by atoms with van der Waals surface area (Å²) in [5, 5.41) is 12.2. The molecular weight excluding hydrogens is 252 g/mol. The van der Waals surface area contributed by atoms with Gasteiger partial charge in [-0.05, 0) is 31.0 Å². The SMILES string of the molecule is CCNc1nnc(SCCc2ccncc2)s1. The molecule has 2 aromatic heterocycles. The molecule has 17 heavy (non-hydrogen) atoms. The number of thioether (sulfide) groups is 1. The van der Waals surface area contributed by atoms with Crippen molar-refractivity contribution in [1.82, 2.24) is 15.2 Å². The molecule has 0 aliphatic rings. The fourth-order valence-corrected chi connectivity index (χ4v) is 3.18. The minimum Gasteiger partial charge on any atom is -0.360 e. The third-order valence-electron chi connectivity index (χ3n) is 2.10. The lowest BCUT2D eigenvalue weighted by molar-refractivity contribution is 0.999. The van der Waals surface area contributed by atoms with Crippen molar-refractivity contribution in [3.05, 3.63) is 30.1 Å². The minimum absolute atomic E-state index is 0.885. The van der Waals surface area contributed by atoms with Gasteiger partial charge in [-0.25, -0.2) is 0 Å². The van der Waals surface area contributed by atoms with E-state index in [4.69, 9.17) is 0 Å². The fourth-order valence-electron chi connectivity index (χ4n) is 1.30. The Morgan fingerprint density at radius 3 is 2.88 bits per heavy atom. The third kappa shape index (κ3) is 3.98. The second-order valence-corrected chi connectivity index (χ2v) is 5.68. The lowest BCUT2D eigenvalue weighted by atomic mass is 10.2. The van der Waals surface area contributed by atoms with E-state index in [0.29, 0.717) is 0 Å². The number of rotatable bonds is 6. The number of nitrogens with one attached hydrogen (secondary N) is 1. The fraction of sp³-hybridized carbons (Fsp3) is 0.364. The summed E-state index contributed by atoms with van der Waals surface area (Å²) in [5.41, 5.74) is 1.31. The molecule has 0 fully saturated rings. The summed E-state index contributed by atoms with van der Waals surface area (Å²) in [7, 11) is 0. The van der Waals surface area contributed by atoms with Crippen molar-refractivity contribution < 1.29 is 0 Å². The van der Waals surface area contributed by atoms with Crippen molar-refractivity contribution in [3.8, 4) is 0 Å². The van der Waals surface area contributed by atoms with Gasteiger partial charge in [0.2, 0.25) is 5.13 Å². The summed E-state index contributed by atoms with van der Waals surface area (Å²) in [5.74, 6) is 1.02. The number of hydrogen-bond acceptors (Lipinski definition) is 6. The first kappa shape index (κ1) is 12.3. The van der Waals surface area contributed by atoms with Crippen LogP contribution in [-0.2, 0) is 6.42 Å². The molecule has 0 saturated carbocycles. The Balaban J connectivity index is 1.78. The van der Waals surface area contributed by atoms with Crippen molar-refractivity contribution in [2.45, 2.75) is 17.7 Å². The largest absolute Gasteiger partial charge is 0.360 e. The van der Waals surface area contributed by atoms with Crippen LogP contribution in [0.4, 0.5) is 5.13 Å². The molecule has 4 nitrogen and oxygen atoms in total. The van der Waals surface area contributed by atoms with Gasteiger partial charge >= 0.3 is 0 Å². The van der Waals surface area contributed by atoms with Gasteiger partial charge in [0.05, 0.1) is 0 Å². The summed E-state index contributed by atoms with van der Waals surface area (Å²) in [6, 6.07) is 4.09. The average Bonchev–Trinajstić information content (AvgIpc) is 2.79. The minimum atomic E-state index is 0.885. The molecule has 0 spiro atoms. The smallest absolute Gasteiger partial charge is 0.206 e. The second-order valence-electron chi connectivity index (χ2n) is 3.36. The zero-order valence-corrected chi connectivity index (χ0v) is 11.2. The van der Waals surface area contributed by atoms with Crippen molar-refractivity contribution in [2.24, 2.45) is 0 Å². The van der Waals surface area contributed by atoms with Gasteiger partial charge in [-0.3, -0.25) is 4.98 Å². The predicted octanol–water partition coefficient (Wildman–Crippen LogP) is 2.70. The van der Waals surface area contributed by atoms with Crippen LogP contribution in [0.5, 0.6) is 0 Å². The van der Waals surface area contributed by atoms with Crippen LogP contribution in [0.2, 0.25) is 0 Å². The predicted molar refractivity (Wildman–Crippen MR) is 72.7 cm³/mol. The Bertz CT molecular complexity index is 444. The molecule has 0 unspecified atom stereocenters. The van der Waals surface area contributed by atoms with E-state index in [-0.39, 0.29) is 0 Å². The van der Waals surface area contributed by atoms with Crippen LogP contribution in [0.3, 0.4) is 0 Å². The molecule has 0 aliphatic carbocycles. The normalized spacial score (nSPS) is 10.4. The Kier molecular flexibility index (Phi) is 4.75. The van der Waals surface area contributed by atoms with Gasteiger partial charge in [0, 0.05) is 24.7 Å². The molecule has 0 saturated heterocycles. The summed E-state index contributed by atoms with van der Waals surface area (Å²) in [4.78, 5) is 4.00. The zero-order chi connectivity index (χ0) is 11.9. The van der Waals surface area contributed by atoms with Crippen LogP contribution in [0.25, 0.3) is 0 Å². The van der Waals surface area contributed by atoms with Crippen molar-refractivity contribution >= 4 is 28.2 Å². The maximum Gasteiger partial charge on any atom is 0.206 e. The molecule has 90 valence electrons. The van der Waals surface area contributed by atoms with Crippen LogP contribution in [-0.4, -0.2) is 27.5 Å². The molecule has 2 heterocycles. The maximum absolute atomic E-state index is 4.12. The van der Waals surface area contributed by atoms with Crippen LogP contribution in [0, 0.1) is 0 Å². The van der Waals surface area contributed by atoms with Crippen LogP contribution in [0.1, 0.15) is 12.5 Å². The van der Waals surface area contributed by atoms with E-state index in [1.54, 1.807) is 23.1 Å². The molecule has 0 radical (unpaired) electrons. The summed E-state index contributed by atoms with van der Waals surface area (Å²) in [6.45, 7) is 2.94. The molecule has 0 atom stereocenters. The first-order chi connectivity index (χ1) is 8.38. The lowest BCUT2D eigenvalue weighted by Crippen LogP contribution is -1.94. The number of nitrogens with zero attached hydrogens (tertiary/aromatic N) is 3. The number of hydrogen-bond donors (Lipinski definition) is 1. The summed E-state index contributed by atoms with van der Waals surface area (Å²) < 4.78 is 1.02. The average molecular weight is 266 g/mol. The lowest BCUT2D eigenvalue weighted by Gasteiger charge is -1.98. The molecule has 2 rings (SSSR count). The highest BCUT2D eigenvalue weighted by Crippen LogP contribution is 2.25. The number of aromatic nitrogens is 3. The van der Waals surface area contributed by atoms with Gasteiger partial charge in [-0.1, -0.05) is 23.1 Å². The highest BCUT2D eigenvalue weighted by atomic mass is 32.2. The molecule has 0 aliphatic heterocycles. The van der Waals surface area contributed by atoms with Crippen molar-refractivity contribution in [2.75, 3.05) is 17.6 Å². The standard InChI is InChI=1S/C11H14N4S2/c1-2-13-10-14-15-11(17-10)16-8-5-9-3-6-12-7-4-9/h3-4,6-7H,2,5,8H2,1H3,(H,13,14). The van der Waals surface area contributed by atoms with E-state index >= 15 is 0 Å². The Morgan fingerprint density at radius 1 is 1.29 bits per heavy atom. The van der Waals surface area contributed by atoms with Gasteiger partial charge in [-0.15, -0.1) is 10.2 Å². The van der Waals surface area contributed by atoms with Gasteiger partial charge in [0.25, 0.3) is 0 Å². The van der Waals surface area contributed by atoms with Crippen LogP contribution >= 0.6 is 23.1 Å². The van der Waals surface area contributed by atoms with E-state index in [1.807, 2.05) is 24.5 Å². The number of aryl methyl sites for hydroxylation is 1. The van der Waals surface area contributed by atoms with E-state index in [1.165, 1.54) is 5.56 Å². The molecular formula is C11H14N4S2. The van der Waals surface area contributed by atoms with E-state index in [9.17, 15) is 0 Å². The van der Waals surface area contributed by atoms with Gasteiger partial charge in [0.15, 0.2) is 4.34 Å². The molecule has 1 N–H and O–H groups in total. The topological polar surface area (TPSA) is 50.7 Å². The molecule has 6 heteroatoms. The van der Waals surface area contributed by atoms with E-state index < -0.39 is 0 Å².